The normalized spacial score (nSPS) is 29.7. The predicted octanol–water partition coefficient (Wildman–Crippen LogP) is 0.739. The molecule has 3 fully saturated rings. The lowest BCUT2D eigenvalue weighted by molar-refractivity contribution is -0.155. The molecule has 32 heavy (non-hydrogen) atoms. The zero-order valence-electron chi connectivity index (χ0n) is 18.5. The fourth-order valence-corrected chi connectivity index (χ4v) is 4.74. The summed E-state index contributed by atoms with van der Waals surface area (Å²) in [4.78, 5) is 31.6. The molecule has 0 saturated carbocycles. The molecule has 4 rings (SSSR count). The predicted molar refractivity (Wildman–Crippen MR) is 115 cm³/mol. The van der Waals surface area contributed by atoms with E-state index in [1.807, 2.05) is 11.9 Å². The van der Waals surface area contributed by atoms with Crippen LogP contribution in [0.3, 0.4) is 0 Å². The molecular formula is C23H32FN3O5. The second-order valence-electron chi connectivity index (χ2n) is 8.96. The molecule has 4 atom stereocenters. The molecule has 3 saturated heterocycles. The fourth-order valence-electron chi connectivity index (χ4n) is 4.74. The van der Waals surface area contributed by atoms with Crippen molar-refractivity contribution in [2.45, 2.75) is 43.6 Å². The van der Waals surface area contributed by atoms with Crippen LogP contribution >= 0.6 is 0 Å². The Kier molecular flexibility index (Phi) is 7.40. The first-order valence-electron chi connectivity index (χ1n) is 11.4. The van der Waals surface area contributed by atoms with E-state index in [1.165, 1.54) is 23.1 Å². The average molecular weight is 450 g/mol. The number of piperazine rings is 1. The molecule has 3 heterocycles. The number of ether oxygens (including phenoxy) is 2. The maximum absolute atomic E-state index is 14.3. The van der Waals surface area contributed by atoms with Crippen molar-refractivity contribution in [2.75, 3.05) is 53.0 Å². The van der Waals surface area contributed by atoms with Crippen LogP contribution in [-0.2, 0) is 14.3 Å². The number of fused-ring (bicyclic) bond motifs is 1. The maximum Gasteiger partial charge on any atom is 0.257 e. The summed E-state index contributed by atoms with van der Waals surface area (Å²) in [5, 5.41) is 10.3. The summed E-state index contributed by atoms with van der Waals surface area (Å²) < 4.78 is 26.1. The van der Waals surface area contributed by atoms with Crippen LogP contribution in [-0.4, -0.2) is 109 Å². The van der Waals surface area contributed by atoms with E-state index in [2.05, 4.69) is 4.90 Å². The Bertz CT molecular complexity index is 817. The van der Waals surface area contributed by atoms with Gasteiger partial charge >= 0.3 is 0 Å². The number of hydrogen-bond donors (Lipinski definition) is 1. The third kappa shape index (κ3) is 5.28. The van der Waals surface area contributed by atoms with Gasteiger partial charge in [-0.2, -0.15) is 0 Å². The first-order chi connectivity index (χ1) is 15.4. The molecule has 0 aliphatic carbocycles. The van der Waals surface area contributed by atoms with Gasteiger partial charge in [-0.15, -0.1) is 0 Å². The standard InChI is InChI=1S/C23H32FN3O5/c1-25-8-10-26(11-9-25)22(29)12-17-6-7-20-21(32-17)15-31-14-16(28)13-27(20)23(30)18-4-2-3-5-19(18)24/h2-5,16-17,20-21,28H,6-15H2,1H3/t16-,17-,20-,21+/m1/s1. The molecular weight excluding hydrogens is 417 g/mol. The molecule has 3 aliphatic heterocycles. The minimum absolute atomic E-state index is 0.0210. The number of rotatable bonds is 3. The van der Waals surface area contributed by atoms with E-state index >= 15 is 0 Å². The zero-order valence-corrected chi connectivity index (χ0v) is 18.5. The first-order valence-corrected chi connectivity index (χ1v) is 11.4. The highest BCUT2D eigenvalue weighted by Crippen LogP contribution is 2.29. The van der Waals surface area contributed by atoms with E-state index in [9.17, 15) is 19.1 Å². The Hall–Kier alpha value is -2.07. The summed E-state index contributed by atoms with van der Waals surface area (Å²) in [7, 11) is 2.05. The number of likely N-dealkylation sites (N-methyl/N-ethyl adjacent to an activating group) is 1. The van der Waals surface area contributed by atoms with Crippen molar-refractivity contribution in [2.24, 2.45) is 0 Å². The van der Waals surface area contributed by atoms with Gasteiger partial charge in [-0.1, -0.05) is 12.1 Å². The molecule has 2 amide bonds. The van der Waals surface area contributed by atoms with Crippen LogP contribution in [0.25, 0.3) is 0 Å². The lowest BCUT2D eigenvalue weighted by atomic mass is 9.94. The van der Waals surface area contributed by atoms with Crippen LogP contribution < -0.4 is 0 Å². The van der Waals surface area contributed by atoms with Gasteiger partial charge in [-0.25, -0.2) is 4.39 Å². The van der Waals surface area contributed by atoms with E-state index in [4.69, 9.17) is 9.47 Å². The van der Waals surface area contributed by atoms with Crippen LogP contribution in [0.15, 0.2) is 24.3 Å². The summed E-state index contributed by atoms with van der Waals surface area (Å²) in [6, 6.07) is 5.51. The van der Waals surface area contributed by atoms with Gasteiger partial charge in [-0.3, -0.25) is 9.59 Å². The highest BCUT2D eigenvalue weighted by molar-refractivity contribution is 5.94. The van der Waals surface area contributed by atoms with E-state index < -0.39 is 23.9 Å². The topological polar surface area (TPSA) is 82.6 Å². The van der Waals surface area contributed by atoms with Crippen LogP contribution in [0.5, 0.6) is 0 Å². The van der Waals surface area contributed by atoms with E-state index in [0.29, 0.717) is 19.3 Å². The molecule has 0 radical (unpaired) electrons. The number of hydrogen-bond acceptors (Lipinski definition) is 6. The van der Waals surface area contributed by atoms with E-state index in [-0.39, 0.29) is 43.4 Å². The Balaban J connectivity index is 1.44. The lowest BCUT2D eigenvalue weighted by Gasteiger charge is -2.44. The van der Waals surface area contributed by atoms with Gasteiger partial charge in [-0.05, 0) is 32.0 Å². The van der Waals surface area contributed by atoms with Crippen LogP contribution in [0, 0.1) is 5.82 Å². The smallest absolute Gasteiger partial charge is 0.257 e. The zero-order chi connectivity index (χ0) is 22.7. The molecule has 9 heteroatoms. The number of carbonyl (C=O) groups excluding carboxylic acids is 2. The van der Waals surface area contributed by atoms with Gasteiger partial charge in [0.05, 0.1) is 43.4 Å². The van der Waals surface area contributed by atoms with Gasteiger partial charge in [0.2, 0.25) is 5.91 Å². The minimum Gasteiger partial charge on any atom is -0.389 e. The molecule has 0 aromatic heterocycles. The third-order valence-electron chi connectivity index (χ3n) is 6.60. The highest BCUT2D eigenvalue weighted by Gasteiger charge is 2.41. The number of nitrogens with zero attached hydrogens (tertiary/aromatic N) is 3. The van der Waals surface area contributed by atoms with Gasteiger partial charge in [0, 0.05) is 32.7 Å². The van der Waals surface area contributed by atoms with Gasteiger partial charge in [0.15, 0.2) is 0 Å². The highest BCUT2D eigenvalue weighted by atomic mass is 19.1. The van der Waals surface area contributed by atoms with Crippen molar-refractivity contribution >= 4 is 11.8 Å². The minimum atomic E-state index is -0.858. The number of β-amino-alcohol motifs (C(OH)–C–C–N with tert-alkyl or cyclic N) is 1. The van der Waals surface area contributed by atoms with Crippen molar-refractivity contribution < 1.29 is 28.6 Å². The second-order valence-corrected chi connectivity index (χ2v) is 8.96. The Morgan fingerprint density at radius 1 is 1.12 bits per heavy atom. The Morgan fingerprint density at radius 2 is 1.88 bits per heavy atom. The monoisotopic (exact) mass is 449 g/mol. The molecule has 0 bridgehead atoms. The molecule has 1 aromatic rings. The SMILES string of the molecule is CN1CCN(C(=O)C[C@H]2CC[C@@H]3[C@H](COC[C@H](O)CN3C(=O)c3ccccc3F)O2)CC1. The third-order valence-corrected chi connectivity index (χ3v) is 6.60. The van der Waals surface area contributed by atoms with E-state index in [0.717, 1.165) is 26.2 Å². The van der Waals surface area contributed by atoms with Crippen LogP contribution in [0.1, 0.15) is 29.6 Å². The summed E-state index contributed by atoms with van der Waals surface area (Å²) in [5.41, 5.74) is -0.0210. The second kappa shape index (κ2) is 10.2. The van der Waals surface area contributed by atoms with Crippen LogP contribution in [0.4, 0.5) is 4.39 Å². The van der Waals surface area contributed by atoms with Crippen molar-refractivity contribution in [3.8, 4) is 0 Å². The maximum atomic E-state index is 14.3. The number of amides is 2. The van der Waals surface area contributed by atoms with Gasteiger partial charge in [0.25, 0.3) is 5.91 Å². The largest absolute Gasteiger partial charge is 0.389 e. The molecule has 0 spiro atoms. The summed E-state index contributed by atoms with van der Waals surface area (Å²) in [5.74, 6) is -0.966. The number of benzene rings is 1. The van der Waals surface area contributed by atoms with E-state index in [1.54, 1.807) is 6.07 Å². The first kappa shape index (κ1) is 23.1. The Morgan fingerprint density at radius 3 is 2.62 bits per heavy atom. The molecule has 176 valence electrons. The van der Waals surface area contributed by atoms with Gasteiger partial charge in [0.1, 0.15) is 11.9 Å². The van der Waals surface area contributed by atoms with Crippen molar-refractivity contribution in [3.63, 3.8) is 0 Å². The number of aliphatic hydroxyl groups excluding tert-OH is 1. The van der Waals surface area contributed by atoms with Crippen LogP contribution in [0.2, 0.25) is 0 Å². The molecule has 0 unspecified atom stereocenters. The summed E-state index contributed by atoms with van der Waals surface area (Å²) in [6.45, 7) is 3.50. The van der Waals surface area contributed by atoms with Gasteiger partial charge < -0.3 is 29.3 Å². The fraction of sp³-hybridized carbons (Fsp3) is 0.652. The number of carbonyl (C=O) groups is 2. The lowest BCUT2D eigenvalue weighted by Crippen LogP contribution is -2.57. The average Bonchev–Trinajstić information content (AvgIpc) is 2.77. The quantitative estimate of drug-likeness (QED) is 0.733. The van der Waals surface area contributed by atoms with Crippen molar-refractivity contribution in [1.29, 1.82) is 0 Å². The number of aliphatic hydroxyl groups is 1. The Labute approximate surface area is 187 Å². The van der Waals surface area contributed by atoms with Crippen molar-refractivity contribution in [1.82, 2.24) is 14.7 Å². The van der Waals surface area contributed by atoms with Crippen molar-refractivity contribution in [3.05, 3.63) is 35.6 Å². The molecule has 1 N–H and O–H groups in total. The number of halogens is 1. The summed E-state index contributed by atoms with van der Waals surface area (Å²) in [6.07, 6.45) is -0.0294. The molecule has 1 aromatic carbocycles. The molecule has 8 nitrogen and oxygen atoms in total. The molecule has 3 aliphatic rings. The summed E-state index contributed by atoms with van der Waals surface area (Å²) >= 11 is 0.